The smallest absolute Gasteiger partial charge is 0.295 e. The minimum Gasteiger partial charge on any atom is -0.295 e. The lowest BCUT2D eigenvalue weighted by atomic mass is 10.0. The Morgan fingerprint density at radius 2 is 1.85 bits per heavy atom. The summed E-state index contributed by atoms with van der Waals surface area (Å²) in [5.74, 6) is 0.709. The maximum Gasteiger partial charge on any atom is 0.485 e. The molecule has 1 aromatic rings. The molecule has 1 saturated heterocycles. The van der Waals surface area contributed by atoms with E-state index in [0.717, 1.165) is 30.7 Å². The number of halogens is 2. The van der Waals surface area contributed by atoms with Crippen LogP contribution < -0.4 is 0 Å². The van der Waals surface area contributed by atoms with Crippen molar-refractivity contribution in [3.63, 3.8) is 0 Å². The van der Waals surface area contributed by atoms with Crippen molar-refractivity contribution < 1.29 is 18.3 Å². The molecule has 6 heteroatoms. The molecule has 0 bridgehead atoms. The maximum atomic E-state index is 12.6. The van der Waals surface area contributed by atoms with Crippen LogP contribution in [0.3, 0.4) is 0 Å². The fourth-order valence-electron chi connectivity index (χ4n) is 2.04. The van der Waals surface area contributed by atoms with E-state index in [-0.39, 0.29) is 19.1 Å². The van der Waals surface area contributed by atoms with Gasteiger partial charge in [0.15, 0.2) is 0 Å². The van der Waals surface area contributed by atoms with E-state index in [4.69, 9.17) is 0 Å². The summed E-state index contributed by atoms with van der Waals surface area (Å²) >= 11 is 0. The largest absolute Gasteiger partial charge is 0.485 e. The summed E-state index contributed by atoms with van der Waals surface area (Å²) in [5.41, 5.74) is 1.14. The monoisotopic (exact) mass is 286 g/mol. The van der Waals surface area contributed by atoms with E-state index in [1.807, 2.05) is 12.4 Å². The van der Waals surface area contributed by atoms with Gasteiger partial charge < -0.3 is 0 Å². The molecule has 20 heavy (non-hydrogen) atoms. The van der Waals surface area contributed by atoms with Gasteiger partial charge in [-0.15, -0.1) is 8.78 Å². The first-order valence-electron chi connectivity index (χ1n) is 7.04. The third kappa shape index (κ3) is 4.76. The molecule has 0 N–H and O–H groups in total. The molecule has 1 fully saturated rings. The van der Waals surface area contributed by atoms with Crippen LogP contribution in [-0.4, -0.2) is 29.5 Å². The van der Waals surface area contributed by atoms with Crippen molar-refractivity contribution in [1.82, 2.24) is 9.97 Å². The van der Waals surface area contributed by atoms with Crippen LogP contribution in [0, 0.1) is 5.92 Å². The van der Waals surface area contributed by atoms with Crippen molar-refractivity contribution in [2.24, 2.45) is 5.92 Å². The van der Waals surface area contributed by atoms with E-state index in [0.29, 0.717) is 12.8 Å². The van der Waals surface area contributed by atoms with E-state index in [1.54, 1.807) is 0 Å². The summed E-state index contributed by atoms with van der Waals surface area (Å²) in [4.78, 5) is 8.61. The minimum atomic E-state index is -3.42. The van der Waals surface area contributed by atoms with Gasteiger partial charge in [-0.05, 0) is 24.8 Å². The Balaban J connectivity index is 1.74. The highest BCUT2D eigenvalue weighted by molar-refractivity contribution is 5.05. The van der Waals surface area contributed by atoms with Gasteiger partial charge in [0.1, 0.15) is 5.82 Å². The first-order chi connectivity index (χ1) is 9.59. The third-order valence-corrected chi connectivity index (χ3v) is 3.33. The molecule has 2 heterocycles. The Kier molecular flexibility index (Phi) is 5.37. The number of ether oxygens (including phenoxy) is 2. The quantitative estimate of drug-likeness (QED) is 0.806. The summed E-state index contributed by atoms with van der Waals surface area (Å²) in [7, 11) is 0. The third-order valence-electron chi connectivity index (χ3n) is 3.33. The highest BCUT2D eigenvalue weighted by atomic mass is 19.3. The molecule has 0 amide bonds. The van der Waals surface area contributed by atoms with Crippen molar-refractivity contribution in [2.45, 2.75) is 45.3 Å². The highest BCUT2D eigenvalue weighted by Crippen LogP contribution is 2.26. The predicted octanol–water partition coefficient (Wildman–Crippen LogP) is 2.97. The number of unbranched alkanes of at least 4 members (excludes halogenated alkanes) is 1. The highest BCUT2D eigenvalue weighted by Gasteiger charge is 2.37. The molecular formula is C14H20F2N2O2. The average Bonchev–Trinajstić information content (AvgIpc) is 2.45. The van der Waals surface area contributed by atoms with Gasteiger partial charge in [0.05, 0.1) is 13.2 Å². The Labute approximate surface area is 117 Å². The standard InChI is InChI=1S/C14H20F2N2O2/c1-2-3-4-11-7-17-13(18-8-11)6-5-12-9-19-14(15,16)20-10-12/h7-8,12H,2-6,9-10H2,1H3. The van der Waals surface area contributed by atoms with E-state index in [9.17, 15) is 8.78 Å². The second-order valence-electron chi connectivity index (χ2n) is 5.10. The summed E-state index contributed by atoms with van der Waals surface area (Å²) in [6.45, 7) is 2.18. The molecule has 0 atom stereocenters. The fraction of sp³-hybridized carbons (Fsp3) is 0.714. The molecule has 0 aliphatic carbocycles. The Morgan fingerprint density at radius 3 is 2.45 bits per heavy atom. The SMILES string of the molecule is CCCCc1cnc(CCC2COC(F)(F)OC2)nc1. The number of nitrogens with zero attached hydrogens (tertiary/aromatic N) is 2. The summed E-state index contributed by atoms with van der Waals surface area (Å²) in [6, 6.07) is 0. The number of aromatic nitrogens is 2. The molecule has 1 aromatic heterocycles. The average molecular weight is 286 g/mol. The Hall–Kier alpha value is -1.14. The van der Waals surface area contributed by atoms with Gasteiger partial charge in [0.2, 0.25) is 0 Å². The first kappa shape index (κ1) is 15.3. The topological polar surface area (TPSA) is 44.2 Å². The molecule has 4 nitrogen and oxygen atoms in total. The van der Waals surface area contributed by atoms with Gasteiger partial charge in [0.25, 0.3) is 0 Å². The van der Waals surface area contributed by atoms with Gasteiger partial charge in [-0.2, -0.15) is 0 Å². The second kappa shape index (κ2) is 7.04. The zero-order chi connectivity index (χ0) is 14.4. The molecule has 0 unspecified atom stereocenters. The number of aryl methyl sites for hydroxylation is 2. The van der Waals surface area contributed by atoms with E-state index in [1.165, 1.54) is 0 Å². The van der Waals surface area contributed by atoms with Crippen LogP contribution in [0.1, 0.15) is 37.6 Å². The van der Waals surface area contributed by atoms with Crippen molar-refractivity contribution >= 4 is 0 Å². The Morgan fingerprint density at radius 1 is 1.20 bits per heavy atom. The van der Waals surface area contributed by atoms with E-state index in [2.05, 4.69) is 26.4 Å². The van der Waals surface area contributed by atoms with Gasteiger partial charge in [-0.1, -0.05) is 13.3 Å². The number of hydrogen-bond donors (Lipinski definition) is 0. The van der Waals surface area contributed by atoms with E-state index >= 15 is 0 Å². The van der Waals surface area contributed by atoms with Crippen LogP contribution in [0.4, 0.5) is 8.78 Å². The van der Waals surface area contributed by atoms with Crippen LogP contribution in [-0.2, 0) is 22.3 Å². The molecule has 0 saturated carbocycles. The fourth-order valence-corrected chi connectivity index (χ4v) is 2.04. The summed E-state index contributed by atoms with van der Waals surface area (Å²) < 4.78 is 33.9. The van der Waals surface area contributed by atoms with Gasteiger partial charge in [-0.25, -0.2) is 9.97 Å². The van der Waals surface area contributed by atoms with Crippen LogP contribution in [0.2, 0.25) is 0 Å². The molecule has 112 valence electrons. The molecule has 0 radical (unpaired) electrons. The van der Waals surface area contributed by atoms with Crippen molar-refractivity contribution in [2.75, 3.05) is 13.2 Å². The van der Waals surface area contributed by atoms with Crippen molar-refractivity contribution in [3.05, 3.63) is 23.8 Å². The molecule has 0 aromatic carbocycles. The number of hydrogen-bond acceptors (Lipinski definition) is 4. The van der Waals surface area contributed by atoms with Gasteiger partial charge >= 0.3 is 6.29 Å². The zero-order valence-corrected chi connectivity index (χ0v) is 11.6. The van der Waals surface area contributed by atoms with Crippen LogP contribution in [0.15, 0.2) is 12.4 Å². The molecule has 2 rings (SSSR count). The molecule has 1 aliphatic rings. The zero-order valence-electron chi connectivity index (χ0n) is 11.6. The lowest BCUT2D eigenvalue weighted by Crippen LogP contribution is -2.37. The second-order valence-corrected chi connectivity index (χ2v) is 5.10. The number of alkyl halides is 2. The Bertz CT molecular complexity index is 402. The first-order valence-corrected chi connectivity index (χ1v) is 7.04. The molecule has 0 spiro atoms. The minimum absolute atomic E-state index is 0.0155. The van der Waals surface area contributed by atoms with Crippen LogP contribution in [0.5, 0.6) is 0 Å². The van der Waals surface area contributed by atoms with Crippen molar-refractivity contribution in [3.8, 4) is 0 Å². The predicted molar refractivity (Wildman–Crippen MR) is 69.3 cm³/mol. The normalized spacial score (nSPS) is 19.1. The molecular weight excluding hydrogens is 266 g/mol. The maximum absolute atomic E-state index is 12.6. The summed E-state index contributed by atoms with van der Waals surface area (Å²) in [5, 5.41) is 0. The van der Waals surface area contributed by atoms with Gasteiger partial charge in [0, 0.05) is 24.7 Å². The molecule has 1 aliphatic heterocycles. The lowest BCUT2D eigenvalue weighted by Gasteiger charge is -2.27. The summed E-state index contributed by atoms with van der Waals surface area (Å²) in [6.07, 6.45) is 4.88. The van der Waals surface area contributed by atoms with E-state index < -0.39 is 6.29 Å². The lowest BCUT2D eigenvalue weighted by molar-refractivity contribution is -0.420. The van der Waals surface area contributed by atoms with Crippen LogP contribution in [0.25, 0.3) is 0 Å². The van der Waals surface area contributed by atoms with Crippen LogP contribution >= 0.6 is 0 Å². The number of rotatable bonds is 6. The van der Waals surface area contributed by atoms with Crippen molar-refractivity contribution in [1.29, 1.82) is 0 Å². The van der Waals surface area contributed by atoms with Gasteiger partial charge in [-0.3, -0.25) is 9.47 Å².